The van der Waals surface area contributed by atoms with Crippen molar-refractivity contribution in [3.63, 3.8) is 0 Å². The largest absolute Gasteiger partial charge is 0.496 e. The van der Waals surface area contributed by atoms with Crippen LogP contribution in [0.25, 0.3) is 0 Å². The first kappa shape index (κ1) is 12.6. The summed E-state index contributed by atoms with van der Waals surface area (Å²) in [6, 6.07) is 10.4. The number of pyridine rings is 1. The lowest BCUT2D eigenvalue weighted by Gasteiger charge is -2.10. The Kier molecular flexibility index (Phi) is 4.31. The molecule has 18 heavy (non-hydrogen) atoms. The number of ether oxygens (including phenoxy) is 1. The average molecular weight is 242 g/mol. The first-order valence-electron chi connectivity index (χ1n) is 6.03. The van der Waals surface area contributed by atoms with Gasteiger partial charge < -0.3 is 10.1 Å². The monoisotopic (exact) mass is 242 g/mol. The summed E-state index contributed by atoms with van der Waals surface area (Å²) in [6.07, 6.45) is 4.60. The molecule has 0 saturated heterocycles. The van der Waals surface area contributed by atoms with Crippen molar-refractivity contribution in [3.05, 3.63) is 59.4 Å². The minimum atomic E-state index is 0.810. The van der Waals surface area contributed by atoms with Crippen molar-refractivity contribution in [3.8, 4) is 5.75 Å². The summed E-state index contributed by atoms with van der Waals surface area (Å²) in [5.41, 5.74) is 3.67. The number of nitrogens with zero attached hydrogens (tertiary/aromatic N) is 1. The molecule has 1 aromatic carbocycles. The third-order valence-electron chi connectivity index (χ3n) is 2.84. The predicted molar refractivity (Wildman–Crippen MR) is 72.8 cm³/mol. The fraction of sp³-hybridized carbons (Fsp3) is 0.267. The van der Waals surface area contributed by atoms with Crippen LogP contribution in [-0.4, -0.2) is 19.1 Å². The van der Waals surface area contributed by atoms with E-state index < -0.39 is 0 Å². The molecule has 0 unspecified atom stereocenters. The smallest absolute Gasteiger partial charge is 0.123 e. The minimum absolute atomic E-state index is 0.810. The van der Waals surface area contributed by atoms with Crippen LogP contribution >= 0.6 is 0 Å². The third-order valence-corrected chi connectivity index (χ3v) is 2.84. The molecule has 0 atom stereocenters. The lowest BCUT2D eigenvalue weighted by molar-refractivity contribution is 0.408. The molecule has 0 fully saturated rings. The van der Waals surface area contributed by atoms with Gasteiger partial charge in [0.2, 0.25) is 0 Å². The zero-order valence-corrected chi connectivity index (χ0v) is 10.8. The highest BCUT2D eigenvalue weighted by molar-refractivity contribution is 5.38. The predicted octanol–water partition coefficient (Wildman–Crippen LogP) is 2.40. The Hall–Kier alpha value is -1.87. The van der Waals surface area contributed by atoms with E-state index in [2.05, 4.69) is 28.5 Å². The van der Waals surface area contributed by atoms with Crippen molar-refractivity contribution in [1.29, 1.82) is 0 Å². The van der Waals surface area contributed by atoms with Crippen molar-refractivity contribution in [1.82, 2.24) is 10.3 Å². The van der Waals surface area contributed by atoms with Crippen molar-refractivity contribution < 1.29 is 4.74 Å². The number of hydrogen-bond donors (Lipinski definition) is 1. The first-order valence-corrected chi connectivity index (χ1v) is 6.03. The van der Waals surface area contributed by atoms with Crippen LogP contribution in [0.4, 0.5) is 0 Å². The summed E-state index contributed by atoms with van der Waals surface area (Å²) in [7, 11) is 3.64. The van der Waals surface area contributed by atoms with Crippen LogP contribution in [0.1, 0.15) is 16.7 Å². The molecule has 2 rings (SSSR count). The van der Waals surface area contributed by atoms with Crippen molar-refractivity contribution >= 4 is 0 Å². The summed E-state index contributed by atoms with van der Waals surface area (Å²) in [5.74, 6) is 0.930. The molecular formula is C15H18N2O. The summed E-state index contributed by atoms with van der Waals surface area (Å²) in [6.45, 7) is 0.810. The highest BCUT2D eigenvalue weighted by atomic mass is 16.5. The van der Waals surface area contributed by atoms with E-state index in [4.69, 9.17) is 4.74 Å². The second-order valence-corrected chi connectivity index (χ2v) is 4.21. The molecule has 1 N–H and O–H groups in total. The molecule has 0 aliphatic heterocycles. The number of methoxy groups -OCH3 is 1. The maximum absolute atomic E-state index is 5.35. The van der Waals surface area contributed by atoms with Crippen molar-refractivity contribution in [2.75, 3.05) is 14.2 Å². The fourth-order valence-corrected chi connectivity index (χ4v) is 2.01. The molecule has 0 amide bonds. The van der Waals surface area contributed by atoms with E-state index in [0.29, 0.717) is 0 Å². The van der Waals surface area contributed by atoms with E-state index in [0.717, 1.165) is 18.7 Å². The molecule has 0 saturated carbocycles. The van der Waals surface area contributed by atoms with Crippen LogP contribution in [0.2, 0.25) is 0 Å². The van der Waals surface area contributed by atoms with Gasteiger partial charge in [-0.1, -0.05) is 18.2 Å². The van der Waals surface area contributed by atoms with Gasteiger partial charge in [0.25, 0.3) is 0 Å². The Balaban J connectivity index is 2.21. The summed E-state index contributed by atoms with van der Waals surface area (Å²) in [5, 5.41) is 3.16. The molecule has 0 aliphatic carbocycles. The van der Waals surface area contributed by atoms with E-state index in [-0.39, 0.29) is 0 Å². The van der Waals surface area contributed by atoms with E-state index in [1.165, 1.54) is 16.7 Å². The number of rotatable bonds is 5. The second kappa shape index (κ2) is 6.17. The molecule has 0 radical (unpaired) electrons. The Morgan fingerprint density at radius 2 is 2.11 bits per heavy atom. The van der Waals surface area contributed by atoms with Gasteiger partial charge in [0.05, 0.1) is 7.11 Å². The van der Waals surface area contributed by atoms with Gasteiger partial charge in [-0.05, 0) is 36.7 Å². The Labute approximate surface area is 108 Å². The number of aromatic nitrogens is 1. The van der Waals surface area contributed by atoms with Gasteiger partial charge in [-0.2, -0.15) is 0 Å². The standard InChI is InChI=1S/C15H18N2O/c1-16-11-14-9-12(5-6-15(14)18-2)8-13-4-3-7-17-10-13/h3-7,9-10,16H,8,11H2,1-2H3. The van der Waals surface area contributed by atoms with Crippen LogP contribution in [0.15, 0.2) is 42.7 Å². The van der Waals surface area contributed by atoms with Crippen LogP contribution in [0, 0.1) is 0 Å². The van der Waals surface area contributed by atoms with Gasteiger partial charge in [0.1, 0.15) is 5.75 Å². The van der Waals surface area contributed by atoms with Crippen LogP contribution < -0.4 is 10.1 Å². The summed E-state index contributed by atoms with van der Waals surface area (Å²) < 4.78 is 5.35. The van der Waals surface area contributed by atoms with Gasteiger partial charge in [0, 0.05) is 24.5 Å². The van der Waals surface area contributed by atoms with Gasteiger partial charge >= 0.3 is 0 Å². The Morgan fingerprint density at radius 1 is 1.22 bits per heavy atom. The van der Waals surface area contributed by atoms with E-state index in [1.54, 1.807) is 13.3 Å². The molecule has 1 aromatic heterocycles. The molecule has 0 aliphatic rings. The summed E-state index contributed by atoms with van der Waals surface area (Å²) in [4.78, 5) is 4.14. The topological polar surface area (TPSA) is 34.2 Å². The molecule has 0 spiro atoms. The molecular weight excluding hydrogens is 224 g/mol. The van der Waals surface area contributed by atoms with Gasteiger partial charge in [-0.3, -0.25) is 4.98 Å². The molecule has 94 valence electrons. The number of benzene rings is 1. The number of nitrogens with one attached hydrogen (secondary N) is 1. The normalized spacial score (nSPS) is 10.3. The maximum Gasteiger partial charge on any atom is 0.123 e. The van der Waals surface area contributed by atoms with Gasteiger partial charge in [0.15, 0.2) is 0 Å². The SMILES string of the molecule is CNCc1cc(Cc2cccnc2)ccc1OC. The van der Waals surface area contributed by atoms with Crippen LogP contribution in [-0.2, 0) is 13.0 Å². The van der Waals surface area contributed by atoms with E-state index in [9.17, 15) is 0 Å². The van der Waals surface area contributed by atoms with Crippen LogP contribution in [0.5, 0.6) is 5.75 Å². The highest BCUT2D eigenvalue weighted by Gasteiger charge is 2.04. The quantitative estimate of drug-likeness (QED) is 0.874. The Morgan fingerprint density at radius 3 is 2.78 bits per heavy atom. The molecule has 1 heterocycles. The van der Waals surface area contributed by atoms with Gasteiger partial charge in [-0.25, -0.2) is 0 Å². The molecule has 2 aromatic rings. The van der Waals surface area contributed by atoms with Crippen molar-refractivity contribution in [2.45, 2.75) is 13.0 Å². The number of hydrogen-bond acceptors (Lipinski definition) is 3. The fourth-order valence-electron chi connectivity index (χ4n) is 2.01. The third kappa shape index (κ3) is 3.08. The van der Waals surface area contributed by atoms with Gasteiger partial charge in [-0.15, -0.1) is 0 Å². The highest BCUT2D eigenvalue weighted by Crippen LogP contribution is 2.21. The molecule has 3 nitrogen and oxygen atoms in total. The zero-order valence-electron chi connectivity index (χ0n) is 10.8. The zero-order chi connectivity index (χ0) is 12.8. The minimum Gasteiger partial charge on any atom is -0.496 e. The lowest BCUT2D eigenvalue weighted by Crippen LogP contribution is -2.07. The van der Waals surface area contributed by atoms with E-state index >= 15 is 0 Å². The van der Waals surface area contributed by atoms with Crippen molar-refractivity contribution in [2.24, 2.45) is 0 Å². The maximum atomic E-state index is 5.35. The van der Waals surface area contributed by atoms with Crippen LogP contribution in [0.3, 0.4) is 0 Å². The average Bonchev–Trinajstić information content (AvgIpc) is 2.41. The summed E-state index contributed by atoms with van der Waals surface area (Å²) >= 11 is 0. The van der Waals surface area contributed by atoms with E-state index in [1.807, 2.05) is 25.4 Å². The second-order valence-electron chi connectivity index (χ2n) is 4.21. The molecule has 3 heteroatoms. The molecule has 0 bridgehead atoms. The lowest BCUT2D eigenvalue weighted by atomic mass is 10.0. The first-order chi connectivity index (χ1) is 8.83. The Bertz CT molecular complexity index is 497.